The van der Waals surface area contributed by atoms with E-state index < -0.39 is 0 Å². The minimum atomic E-state index is 0.249. The Morgan fingerprint density at radius 3 is 3.16 bits per heavy atom. The van der Waals surface area contributed by atoms with Crippen molar-refractivity contribution < 1.29 is 9.47 Å². The molecule has 1 fully saturated rings. The zero-order chi connectivity index (χ0) is 13.1. The van der Waals surface area contributed by atoms with Crippen LogP contribution in [0.3, 0.4) is 0 Å². The van der Waals surface area contributed by atoms with Crippen LogP contribution in [0.2, 0.25) is 0 Å². The molecule has 0 bridgehead atoms. The van der Waals surface area contributed by atoms with Crippen LogP contribution >= 0.6 is 0 Å². The van der Waals surface area contributed by atoms with Crippen molar-refractivity contribution >= 4 is 0 Å². The first-order valence-electron chi connectivity index (χ1n) is 7.46. The number of rotatable bonds is 4. The van der Waals surface area contributed by atoms with Gasteiger partial charge in [-0.3, -0.25) is 0 Å². The summed E-state index contributed by atoms with van der Waals surface area (Å²) in [5, 5.41) is 3.47. The summed E-state index contributed by atoms with van der Waals surface area (Å²) in [4.78, 5) is 0. The number of hydrogen-bond donors (Lipinski definition) is 1. The number of nitrogens with one attached hydrogen (secondary N) is 1. The highest BCUT2D eigenvalue weighted by Crippen LogP contribution is 2.36. The summed E-state index contributed by atoms with van der Waals surface area (Å²) in [6, 6.07) is 6.58. The third-order valence-electron chi connectivity index (χ3n) is 4.14. The highest BCUT2D eigenvalue weighted by atomic mass is 16.5. The molecule has 2 atom stereocenters. The molecule has 3 rings (SSSR count). The van der Waals surface area contributed by atoms with Crippen LogP contribution in [-0.2, 0) is 11.2 Å². The molecule has 104 valence electrons. The SMILES string of the molecule is CCNCC1CCCOC1c1ccc2c(c1)CCO2. The fourth-order valence-electron chi connectivity index (χ4n) is 3.13. The average Bonchev–Trinajstić information content (AvgIpc) is 2.92. The van der Waals surface area contributed by atoms with Gasteiger partial charge in [0.2, 0.25) is 0 Å². The Kier molecular flexibility index (Phi) is 4.04. The van der Waals surface area contributed by atoms with Crippen molar-refractivity contribution in [2.24, 2.45) is 5.92 Å². The third-order valence-corrected chi connectivity index (χ3v) is 4.14. The molecule has 3 heteroatoms. The van der Waals surface area contributed by atoms with Crippen molar-refractivity contribution in [3.05, 3.63) is 29.3 Å². The van der Waals surface area contributed by atoms with Crippen molar-refractivity contribution in [2.45, 2.75) is 32.3 Å². The topological polar surface area (TPSA) is 30.5 Å². The van der Waals surface area contributed by atoms with E-state index >= 15 is 0 Å². The molecule has 3 nitrogen and oxygen atoms in total. The van der Waals surface area contributed by atoms with E-state index in [1.54, 1.807) is 0 Å². The number of ether oxygens (including phenoxy) is 2. The summed E-state index contributed by atoms with van der Waals surface area (Å²) < 4.78 is 11.6. The van der Waals surface area contributed by atoms with Gasteiger partial charge >= 0.3 is 0 Å². The van der Waals surface area contributed by atoms with Crippen molar-refractivity contribution in [3.8, 4) is 5.75 Å². The number of fused-ring (bicyclic) bond motifs is 1. The largest absolute Gasteiger partial charge is 0.493 e. The van der Waals surface area contributed by atoms with Crippen LogP contribution in [0, 0.1) is 5.92 Å². The van der Waals surface area contributed by atoms with Crippen LogP contribution in [-0.4, -0.2) is 26.3 Å². The molecule has 0 aromatic heterocycles. The first-order valence-corrected chi connectivity index (χ1v) is 7.46. The van der Waals surface area contributed by atoms with Crippen LogP contribution in [0.4, 0.5) is 0 Å². The van der Waals surface area contributed by atoms with Crippen molar-refractivity contribution in [2.75, 3.05) is 26.3 Å². The smallest absolute Gasteiger partial charge is 0.122 e. The van der Waals surface area contributed by atoms with Crippen LogP contribution in [0.1, 0.15) is 37.0 Å². The van der Waals surface area contributed by atoms with Gasteiger partial charge in [-0.05, 0) is 42.6 Å². The van der Waals surface area contributed by atoms with Gasteiger partial charge in [0.15, 0.2) is 0 Å². The molecule has 1 aromatic rings. The molecule has 2 heterocycles. The Bertz CT molecular complexity index is 433. The molecular weight excluding hydrogens is 238 g/mol. The van der Waals surface area contributed by atoms with Gasteiger partial charge in [-0.1, -0.05) is 13.0 Å². The summed E-state index contributed by atoms with van der Waals surface area (Å²) >= 11 is 0. The van der Waals surface area contributed by atoms with Crippen molar-refractivity contribution in [3.63, 3.8) is 0 Å². The van der Waals surface area contributed by atoms with Gasteiger partial charge in [0.1, 0.15) is 5.75 Å². The van der Waals surface area contributed by atoms with Gasteiger partial charge in [-0.15, -0.1) is 0 Å². The monoisotopic (exact) mass is 261 g/mol. The van der Waals surface area contributed by atoms with E-state index in [-0.39, 0.29) is 6.10 Å². The maximum Gasteiger partial charge on any atom is 0.122 e. The predicted octanol–water partition coefficient (Wildman–Crippen LogP) is 2.70. The van der Waals surface area contributed by atoms with Gasteiger partial charge in [-0.2, -0.15) is 0 Å². The lowest BCUT2D eigenvalue weighted by Gasteiger charge is -2.32. The van der Waals surface area contributed by atoms with E-state index in [4.69, 9.17) is 9.47 Å². The first kappa shape index (κ1) is 12.9. The number of benzene rings is 1. The summed E-state index contributed by atoms with van der Waals surface area (Å²) in [5.74, 6) is 1.65. The van der Waals surface area contributed by atoms with E-state index in [0.717, 1.165) is 38.5 Å². The molecule has 1 saturated heterocycles. The quantitative estimate of drug-likeness (QED) is 0.904. The maximum absolute atomic E-state index is 6.05. The van der Waals surface area contributed by atoms with E-state index in [1.807, 2.05) is 0 Å². The zero-order valence-corrected chi connectivity index (χ0v) is 11.7. The molecule has 0 aliphatic carbocycles. The molecule has 0 spiro atoms. The van der Waals surface area contributed by atoms with Gasteiger partial charge in [-0.25, -0.2) is 0 Å². The Morgan fingerprint density at radius 1 is 1.32 bits per heavy atom. The van der Waals surface area contributed by atoms with E-state index in [0.29, 0.717) is 5.92 Å². The minimum absolute atomic E-state index is 0.249. The molecule has 2 aliphatic rings. The lowest BCUT2D eigenvalue weighted by Crippen LogP contribution is -2.31. The molecule has 0 radical (unpaired) electrons. The van der Waals surface area contributed by atoms with E-state index in [9.17, 15) is 0 Å². The molecule has 2 aliphatic heterocycles. The third kappa shape index (κ3) is 2.77. The fourth-order valence-corrected chi connectivity index (χ4v) is 3.13. The Labute approximate surface area is 115 Å². The second-order valence-electron chi connectivity index (χ2n) is 5.47. The molecule has 0 saturated carbocycles. The predicted molar refractivity (Wildman–Crippen MR) is 75.6 cm³/mol. The van der Waals surface area contributed by atoms with E-state index in [2.05, 4.69) is 30.4 Å². The van der Waals surface area contributed by atoms with E-state index in [1.165, 1.54) is 24.0 Å². The van der Waals surface area contributed by atoms with Crippen LogP contribution in [0.25, 0.3) is 0 Å². The second-order valence-corrected chi connectivity index (χ2v) is 5.47. The maximum atomic E-state index is 6.05. The van der Waals surface area contributed by atoms with Gasteiger partial charge in [0.05, 0.1) is 12.7 Å². The summed E-state index contributed by atoms with van der Waals surface area (Å²) in [5.41, 5.74) is 2.67. The summed E-state index contributed by atoms with van der Waals surface area (Å²) in [6.07, 6.45) is 3.72. The Hall–Kier alpha value is -1.06. The Morgan fingerprint density at radius 2 is 2.26 bits per heavy atom. The fraction of sp³-hybridized carbons (Fsp3) is 0.625. The highest BCUT2D eigenvalue weighted by Gasteiger charge is 2.28. The first-order chi connectivity index (χ1) is 9.38. The van der Waals surface area contributed by atoms with Gasteiger partial charge in [0.25, 0.3) is 0 Å². The van der Waals surface area contributed by atoms with Crippen LogP contribution < -0.4 is 10.1 Å². The highest BCUT2D eigenvalue weighted by molar-refractivity contribution is 5.40. The molecular formula is C16H23NO2. The van der Waals surface area contributed by atoms with Crippen LogP contribution in [0.15, 0.2) is 18.2 Å². The van der Waals surface area contributed by atoms with Gasteiger partial charge < -0.3 is 14.8 Å². The molecule has 2 unspecified atom stereocenters. The second kappa shape index (κ2) is 5.93. The van der Waals surface area contributed by atoms with Crippen molar-refractivity contribution in [1.82, 2.24) is 5.32 Å². The average molecular weight is 261 g/mol. The normalized spacial score (nSPS) is 25.9. The minimum Gasteiger partial charge on any atom is -0.493 e. The lowest BCUT2D eigenvalue weighted by molar-refractivity contribution is -0.0276. The van der Waals surface area contributed by atoms with Gasteiger partial charge in [0, 0.05) is 25.5 Å². The summed E-state index contributed by atoms with van der Waals surface area (Å²) in [6.45, 7) is 5.95. The molecule has 19 heavy (non-hydrogen) atoms. The molecule has 1 aromatic carbocycles. The Balaban J connectivity index is 1.78. The summed E-state index contributed by atoms with van der Waals surface area (Å²) in [7, 11) is 0. The van der Waals surface area contributed by atoms with Crippen molar-refractivity contribution in [1.29, 1.82) is 0 Å². The lowest BCUT2D eigenvalue weighted by atomic mass is 9.88. The standard InChI is InChI=1S/C16H23NO2/c1-2-17-11-14-4-3-8-19-16(14)13-5-6-15-12(10-13)7-9-18-15/h5-6,10,14,16-17H,2-4,7-9,11H2,1H3. The zero-order valence-electron chi connectivity index (χ0n) is 11.7. The number of hydrogen-bond acceptors (Lipinski definition) is 3. The van der Waals surface area contributed by atoms with Crippen LogP contribution in [0.5, 0.6) is 5.75 Å². The molecule has 0 amide bonds. The molecule has 1 N–H and O–H groups in total.